The van der Waals surface area contributed by atoms with Gasteiger partial charge in [-0.15, -0.1) is 0 Å². The number of benzene rings is 1. The Morgan fingerprint density at radius 1 is 1.10 bits per heavy atom. The number of carbonyl (C=O) groups excluding carboxylic acids is 1. The fraction of sp³-hybridized carbons (Fsp3) is 0.533. The molecule has 0 saturated carbocycles. The van der Waals surface area contributed by atoms with E-state index >= 15 is 0 Å². The molecule has 0 saturated heterocycles. The maximum atomic E-state index is 12.3. The van der Waals surface area contributed by atoms with E-state index in [4.69, 9.17) is 23.2 Å². The van der Waals surface area contributed by atoms with E-state index in [0.29, 0.717) is 27.6 Å². The minimum atomic E-state index is -0.106. The summed E-state index contributed by atoms with van der Waals surface area (Å²) in [6, 6.07) is 4.97. The van der Waals surface area contributed by atoms with Gasteiger partial charge in [-0.2, -0.15) is 0 Å². The first-order valence-electron chi connectivity index (χ1n) is 6.80. The van der Waals surface area contributed by atoms with Gasteiger partial charge < -0.3 is 10.2 Å². The first-order chi connectivity index (χ1) is 9.29. The zero-order chi connectivity index (χ0) is 15.3. The van der Waals surface area contributed by atoms with Crippen molar-refractivity contribution in [2.45, 2.75) is 27.7 Å². The molecular formula is C15H22Cl2N2O. The summed E-state index contributed by atoms with van der Waals surface area (Å²) < 4.78 is 0. The van der Waals surface area contributed by atoms with Gasteiger partial charge in [0.25, 0.3) is 0 Å². The molecule has 0 aliphatic rings. The quantitative estimate of drug-likeness (QED) is 0.801. The van der Waals surface area contributed by atoms with Crippen molar-refractivity contribution < 1.29 is 4.79 Å². The van der Waals surface area contributed by atoms with Crippen LogP contribution >= 0.6 is 23.2 Å². The maximum absolute atomic E-state index is 12.3. The lowest BCUT2D eigenvalue weighted by Crippen LogP contribution is -2.39. The molecule has 0 atom stereocenters. The average molecular weight is 317 g/mol. The zero-order valence-electron chi connectivity index (χ0n) is 12.4. The van der Waals surface area contributed by atoms with Crippen LogP contribution in [0.4, 0.5) is 10.5 Å². The molecule has 0 aliphatic heterocycles. The number of nitrogens with zero attached hydrogens (tertiary/aromatic N) is 1. The Bertz CT molecular complexity index is 451. The molecule has 0 spiro atoms. The highest BCUT2D eigenvalue weighted by atomic mass is 35.5. The summed E-state index contributed by atoms with van der Waals surface area (Å²) in [5, 5.41) is 3.78. The zero-order valence-corrected chi connectivity index (χ0v) is 13.9. The van der Waals surface area contributed by atoms with Gasteiger partial charge in [0.15, 0.2) is 0 Å². The van der Waals surface area contributed by atoms with Gasteiger partial charge in [0.05, 0.1) is 10.0 Å². The molecule has 3 nitrogen and oxygen atoms in total. The summed E-state index contributed by atoms with van der Waals surface area (Å²) in [5.74, 6) is 0.849. The van der Waals surface area contributed by atoms with E-state index < -0.39 is 0 Å². The molecule has 5 heteroatoms. The van der Waals surface area contributed by atoms with E-state index in [9.17, 15) is 4.79 Å². The molecule has 20 heavy (non-hydrogen) atoms. The van der Waals surface area contributed by atoms with E-state index in [2.05, 4.69) is 33.0 Å². The van der Waals surface area contributed by atoms with Gasteiger partial charge in [0, 0.05) is 18.8 Å². The topological polar surface area (TPSA) is 32.3 Å². The van der Waals surface area contributed by atoms with Crippen LogP contribution in [-0.4, -0.2) is 24.0 Å². The summed E-state index contributed by atoms with van der Waals surface area (Å²) in [7, 11) is 0. The van der Waals surface area contributed by atoms with Crippen molar-refractivity contribution >= 4 is 34.9 Å². The Morgan fingerprint density at radius 2 is 1.65 bits per heavy atom. The van der Waals surface area contributed by atoms with Crippen LogP contribution in [0.5, 0.6) is 0 Å². The third-order valence-corrected chi connectivity index (χ3v) is 3.37. The maximum Gasteiger partial charge on any atom is 0.321 e. The molecule has 0 unspecified atom stereocenters. The number of carbonyl (C=O) groups is 1. The van der Waals surface area contributed by atoms with Crippen LogP contribution in [0.3, 0.4) is 0 Å². The molecule has 1 N–H and O–H groups in total. The van der Waals surface area contributed by atoms with Crippen LogP contribution in [-0.2, 0) is 0 Å². The Hall–Kier alpha value is -0.930. The molecule has 0 bridgehead atoms. The van der Waals surface area contributed by atoms with Gasteiger partial charge in [-0.25, -0.2) is 4.79 Å². The SMILES string of the molecule is CC(C)CN(CC(C)C)C(=O)Nc1ccc(Cl)c(Cl)c1. The number of anilines is 1. The fourth-order valence-electron chi connectivity index (χ4n) is 1.90. The molecule has 0 aliphatic carbocycles. The standard InChI is InChI=1S/C15H22Cl2N2O/c1-10(2)8-19(9-11(3)4)15(20)18-12-5-6-13(16)14(17)7-12/h5-7,10-11H,8-9H2,1-4H3,(H,18,20). The highest BCUT2D eigenvalue weighted by molar-refractivity contribution is 6.42. The number of urea groups is 1. The van der Waals surface area contributed by atoms with Crippen molar-refractivity contribution in [1.29, 1.82) is 0 Å². The number of hydrogen-bond acceptors (Lipinski definition) is 1. The molecule has 0 aromatic heterocycles. The van der Waals surface area contributed by atoms with E-state index in [0.717, 1.165) is 13.1 Å². The number of nitrogens with one attached hydrogen (secondary N) is 1. The van der Waals surface area contributed by atoms with Crippen molar-refractivity contribution in [1.82, 2.24) is 4.90 Å². The van der Waals surface area contributed by atoms with Gasteiger partial charge in [-0.1, -0.05) is 50.9 Å². The predicted molar refractivity (Wildman–Crippen MR) is 86.7 cm³/mol. The first kappa shape index (κ1) is 17.1. The van der Waals surface area contributed by atoms with Crippen molar-refractivity contribution in [3.8, 4) is 0 Å². The number of hydrogen-bond donors (Lipinski definition) is 1. The second-order valence-electron chi connectivity index (χ2n) is 5.75. The first-order valence-corrected chi connectivity index (χ1v) is 7.56. The second-order valence-corrected chi connectivity index (χ2v) is 6.57. The van der Waals surface area contributed by atoms with E-state index in [1.165, 1.54) is 0 Å². The number of halogens is 2. The molecular weight excluding hydrogens is 295 g/mol. The van der Waals surface area contributed by atoms with Crippen LogP contribution in [0.1, 0.15) is 27.7 Å². The molecule has 2 amide bonds. The summed E-state index contributed by atoms with van der Waals surface area (Å²) in [6.45, 7) is 9.84. The summed E-state index contributed by atoms with van der Waals surface area (Å²) >= 11 is 11.8. The van der Waals surface area contributed by atoms with E-state index in [-0.39, 0.29) is 6.03 Å². The lowest BCUT2D eigenvalue weighted by atomic mass is 10.1. The van der Waals surface area contributed by atoms with Crippen molar-refractivity contribution in [2.75, 3.05) is 18.4 Å². The highest BCUT2D eigenvalue weighted by Crippen LogP contribution is 2.25. The molecule has 0 radical (unpaired) electrons. The fourth-order valence-corrected chi connectivity index (χ4v) is 2.20. The minimum absolute atomic E-state index is 0.106. The Labute approximate surface area is 131 Å². The molecule has 1 aromatic carbocycles. The molecule has 1 aromatic rings. The molecule has 1 rings (SSSR count). The minimum Gasteiger partial charge on any atom is -0.324 e. The molecule has 0 heterocycles. The van der Waals surface area contributed by atoms with Crippen molar-refractivity contribution in [2.24, 2.45) is 11.8 Å². The van der Waals surface area contributed by atoms with Gasteiger partial charge in [0.2, 0.25) is 0 Å². The summed E-state index contributed by atoms with van der Waals surface area (Å²) in [6.07, 6.45) is 0. The Morgan fingerprint density at radius 3 is 2.10 bits per heavy atom. The van der Waals surface area contributed by atoms with Gasteiger partial charge in [-0.3, -0.25) is 0 Å². The van der Waals surface area contributed by atoms with Crippen LogP contribution in [0.25, 0.3) is 0 Å². The van der Waals surface area contributed by atoms with E-state index in [1.807, 2.05) is 4.90 Å². The third-order valence-electron chi connectivity index (χ3n) is 2.63. The van der Waals surface area contributed by atoms with Crippen LogP contribution < -0.4 is 5.32 Å². The lowest BCUT2D eigenvalue weighted by Gasteiger charge is -2.26. The van der Waals surface area contributed by atoms with Gasteiger partial charge in [0.1, 0.15) is 0 Å². The predicted octanol–water partition coefficient (Wildman–Crippen LogP) is 5.14. The van der Waals surface area contributed by atoms with Crippen molar-refractivity contribution in [3.05, 3.63) is 28.2 Å². The third kappa shape index (κ3) is 5.59. The van der Waals surface area contributed by atoms with Gasteiger partial charge >= 0.3 is 6.03 Å². The smallest absolute Gasteiger partial charge is 0.321 e. The van der Waals surface area contributed by atoms with Crippen LogP contribution in [0.2, 0.25) is 10.0 Å². The van der Waals surface area contributed by atoms with Gasteiger partial charge in [-0.05, 0) is 30.0 Å². The molecule has 0 fully saturated rings. The highest BCUT2D eigenvalue weighted by Gasteiger charge is 2.16. The molecule has 112 valence electrons. The summed E-state index contributed by atoms with van der Waals surface area (Å²) in [4.78, 5) is 14.1. The van der Waals surface area contributed by atoms with E-state index in [1.54, 1.807) is 18.2 Å². The normalized spacial score (nSPS) is 11.0. The Kier molecular flexibility index (Phi) is 6.63. The largest absolute Gasteiger partial charge is 0.324 e. The van der Waals surface area contributed by atoms with Crippen LogP contribution in [0, 0.1) is 11.8 Å². The lowest BCUT2D eigenvalue weighted by molar-refractivity contribution is 0.196. The average Bonchev–Trinajstić information content (AvgIpc) is 2.32. The number of rotatable bonds is 5. The van der Waals surface area contributed by atoms with Crippen molar-refractivity contribution in [3.63, 3.8) is 0 Å². The monoisotopic (exact) mass is 316 g/mol. The summed E-state index contributed by atoms with van der Waals surface area (Å²) in [5.41, 5.74) is 0.655. The number of amides is 2. The van der Waals surface area contributed by atoms with Crippen LogP contribution in [0.15, 0.2) is 18.2 Å². The second kappa shape index (κ2) is 7.75. The Balaban J connectivity index is 2.76.